The molecule has 0 aliphatic carbocycles. The zero-order valence-corrected chi connectivity index (χ0v) is 8.31. The fourth-order valence-electron chi connectivity index (χ4n) is 1.78. The lowest BCUT2D eigenvalue weighted by atomic mass is 10.1. The summed E-state index contributed by atoms with van der Waals surface area (Å²) in [6.07, 6.45) is 1.59. The number of anilines is 1. The SMILES string of the molecule is Nc1ccc2c(=O)oc3ncccc3c2c1. The van der Waals surface area contributed by atoms with Crippen LogP contribution in [0.25, 0.3) is 21.9 Å². The predicted octanol–water partition coefficient (Wildman–Crippen LogP) is 1.92. The summed E-state index contributed by atoms with van der Waals surface area (Å²) in [5.41, 5.74) is 6.28. The summed E-state index contributed by atoms with van der Waals surface area (Å²) >= 11 is 0. The molecule has 0 aliphatic heterocycles. The van der Waals surface area contributed by atoms with Crippen LogP contribution in [0, 0.1) is 0 Å². The number of hydrogen-bond donors (Lipinski definition) is 1. The Labute approximate surface area is 90.3 Å². The third kappa shape index (κ3) is 1.16. The highest BCUT2D eigenvalue weighted by atomic mass is 16.4. The Kier molecular flexibility index (Phi) is 1.71. The first-order valence-electron chi connectivity index (χ1n) is 4.83. The fourth-order valence-corrected chi connectivity index (χ4v) is 1.78. The highest BCUT2D eigenvalue weighted by Gasteiger charge is 2.07. The number of nitrogen functional groups attached to an aromatic ring is 1. The van der Waals surface area contributed by atoms with Gasteiger partial charge < -0.3 is 10.2 Å². The summed E-state index contributed by atoms with van der Waals surface area (Å²) < 4.78 is 5.11. The average molecular weight is 212 g/mol. The molecule has 0 spiro atoms. The lowest BCUT2D eigenvalue weighted by Gasteiger charge is -2.01. The van der Waals surface area contributed by atoms with Gasteiger partial charge in [-0.3, -0.25) is 0 Å². The van der Waals surface area contributed by atoms with E-state index in [1.807, 2.05) is 6.07 Å². The Morgan fingerprint density at radius 1 is 1.12 bits per heavy atom. The van der Waals surface area contributed by atoms with Crippen molar-refractivity contribution in [1.82, 2.24) is 4.98 Å². The number of rotatable bonds is 0. The van der Waals surface area contributed by atoms with E-state index in [0.717, 1.165) is 10.8 Å². The van der Waals surface area contributed by atoms with E-state index in [2.05, 4.69) is 4.98 Å². The van der Waals surface area contributed by atoms with Gasteiger partial charge in [-0.05, 0) is 30.3 Å². The van der Waals surface area contributed by atoms with E-state index in [4.69, 9.17) is 10.2 Å². The number of hydrogen-bond acceptors (Lipinski definition) is 4. The molecule has 0 radical (unpaired) electrons. The van der Waals surface area contributed by atoms with Crippen LogP contribution in [0.4, 0.5) is 5.69 Å². The number of pyridine rings is 1. The van der Waals surface area contributed by atoms with Gasteiger partial charge in [-0.15, -0.1) is 0 Å². The molecule has 2 aromatic heterocycles. The molecular weight excluding hydrogens is 204 g/mol. The Balaban J connectivity index is 2.67. The molecule has 0 fully saturated rings. The molecule has 3 aromatic rings. The molecule has 78 valence electrons. The number of nitrogens with zero attached hydrogens (tertiary/aromatic N) is 1. The molecule has 16 heavy (non-hydrogen) atoms. The van der Waals surface area contributed by atoms with Crippen LogP contribution in [0.3, 0.4) is 0 Å². The Hall–Kier alpha value is -2.36. The average Bonchev–Trinajstić information content (AvgIpc) is 2.29. The maximum Gasteiger partial charge on any atom is 0.345 e. The molecular formula is C12H8N2O2. The Morgan fingerprint density at radius 3 is 2.88 bits per heavy atom. The standard InChI is InChI=1S/C12H8N2O2/c13-7-3-4-9-10(6-7)8-2-1-5-14-11(8)16-12(9)15/h1-6H,13H2. The van der Waals surface area contributed by atoms with Crippen LogP contribution >= 0.6 is 0 Å². The second-order valence-electron chi connectivity index (χ2n) is 3.55. The van der Waals surface area contributed by atoms with Crippen molar-refractivity contribution in [2.45, 2.75) is 0 Å². The first-order valence-corrected chi connectivity index (χ1v) is 4.83. The van der Waals surface area contributed by atoms with Crippen LogP contribution in [-0.2, 0) is 0 Å². The molecule has 2 heterocycles. The van der Waals surface area contributed by atoms with Gasteiger partial charge in [0.25, 0.3) is 0 Å². The number of aromatic nitrogens is 1. The van der Waals surface area contributed by atoms with E-state index in [1.54, 1.807) is 30.5 Å². The van der Waals surface area contributed by atoms with E-state index in [0.29, 0.717) is 16.8 Å². The van der Waals surface area contributed by atoms with Crippen molar-refractivity contribution in [3.8, 4) is 0 Å². The van der Waals surface area contributed by atoms with Crippen molar-refractivity contribution in [1.29, 1.82) is 0 Å². The minimum Gasteiger partial charge on any atom is -0.403 e. The quantitative estimate of drug-likeness (QED) is 0.456. The van der Waals surface area contributed by atoms with Gasteiger partial charge in [-0.25, -0.2) is 9.78 Å². The first-order chi connectivity index (χ1) is 7.75. The molecule has 1 aromatic carbocycles. The second kappa shape index (κ2) is 3.06. The van der Waals surface area contributed by atoms with Crippen molar-refractivity contribution in [3.05, 3.63) is 46.9 Å². The highest BCUT2D eigenvalue weighted by Crippen LogP contribution is 2.22. The lowest BCUT2D eigenvalue weighted by molar-refractivity contribution is 0.558. The first kappa shape index (κ1) is 8.91. The zero-order valence-electron chi connectivity index (χ0n) is 8.31. The van der Waals surface area contributed by atoms with Crippen LogP contribution in [0.15, 0.2) is 45.7 Å². The van der Waals surface area contributed by atoms with Crippen LogP contribution in [0.2, 0.25) is 0 Å². The van der Waals surface area contributed by atoms with Crippen LogP contribution < -0.4 is 11.4 Å². The summed E-state index contributed by atoms with van der Waals surface area (Å²) in [5.74, 6) is 0. The van der Waals surface area contributed by atoms with Crippen molar-refractivity contribution >= 4 is 27.6 Å². The fraction of sp³-hybridized carbons (Fsp3) is 0. The molecule has 0 saturated heterocycles. The van der Waals surface area contributed by atoms with E-state index < -0.39 is 0 Å². The minimum atomic E-state index is -0.388. The molecule has 0 aliphatic rings. The predicted molar refractivity (Wildman–Crippen MR) is 62.2 cm³/mol. The number of benzene rings is 1. The van der Waals surface area contributed by atoms with Gasteiger partial charge in [0.1, 0.15) is 0 Å². The number of nitrogens with two attached hydrogens (primary N) is 1. The van der Waals surface area contributed by atoms with E-state index >= 15 is 0 Å². The Bertz CT molecular complexity index is 747. The summed E-state index contributed by atoms with van der Waals surface area (Å²) in [6, 6.07) is 8.76. The van der Waals surface area contributed by atoms with Gasteiger partial charge in [0.15, 0.2) is 0 Å². The summed E-state index contributed by atoms with van der Waals surface area (Å²) in [4.78, 5) is 15.7. The molecule has 2 N–H and O–H groups in total. The van der Waals surface area contributed by atoms with Crippen molar-refractivity contribution in [3.63, 3.8) is 0 Å². The van der Waals surface area contributed by atoms with Gasteiger partial charge >= 0.3 is 5.63 Å². The number of fused-ring (bicyclic) bond motifs is 3. The van der Waals surface area contributed by atoms with Gasteiger partial charge in [-0.1, -0.05) is 0 Å². The van der Waals surface area contributed by atoms with Crippen LogP contribution in [0.5, 0.6) is 0 Å². The van der Waals surface area contributed by atoms with E-state index in [1.165, 1.54) is 0 Å². The molecule has 0 saturated carbocycles. The topological polar surface area (TPSA) is 69.1 Å². The molecule has 0 unspecified atom stereocenters. The molecule has 4 heteroatoms. The Morgan fingerprint density at radius 2 is 2.00 bits per heavy atom. The van der Waals surface area contributed by atoms with Crippen LogP contribution in [-0.4, -0.2) is 4.98 Å². The molecule has 0 amide bonds. The zero-order chi connectivity index (χ0) is 11.1. The largest absolute Gasteiger partial charge is 0.403 e. The van der Waals surface area contributed by atoms with E-state index in [-0.39, 0.29) is 5.63 Å². The van der Waals surface area contributed by atoms with Crippen molar-refractivity contribution < 1.29 is 4.42 Å². The molecule has 3 rings (SSSR count). The molecule has 0 bridgehead atoms. The smallest absolute Gasteiger partial charge is 0.345 e. The van der Waals surface area contributed by atoms with Crippen molar-refractivity contribution in [2.24, 2.45) is 0 Å². The monoisotopic (exact) mass is 212 g/mol. The second-order valence-corrected chi connectivity index (χ2v) is 3.55. The molecule has 0 atom stereocenters. The summed E-state index contributed by atoms with van der Waals surface area (Å²) in [5, 5.41) is 2.10. The minimum absolute atomic E-state index is 0.339. The van der Waals surface area contributed by atoms with E-state index in [9.17, 15) is 4.79 Å². The molecule has 4 nitrogen and oxygen atoms in total. The van der Waals surface area contributed by atoms with Gasteiger partial charge in [-0.2, -0.15) is 0 Å². The van der Waals surface area contributed by atoms with Gasteiger partial charge in [0, 0.05) is 22.7 Å². The van der Waals surface area contributed by atoms with Gasteiger partial charge in [0.05, 0.1) is 5.39 Å². The maximum absolute atomic E-state index is 11.7. The van der Waals surface area contributed by atoms with Gasteiger partial charge in [0.2, 0.25) is 5.71 Å². The lowest BCUT2D eigenvalue weighted by Crippen LogP contribution is -2.01. The normalized spacial score (nSPS) is 11.0. The highest BCUT2D eigenvalue weighted by molar-refractivity contribution is 6.04. The third-order valence-electron chi connectivity index (χ3n) is 2.51. The van der Waals surface area contributed by atoms with Crippen LogP contribution in [0.1, 0.15) is 0 Å². The maximum atomic E-state index is 11.7. The summed E-state index contributed by atoms with van der Waals surface area (Å²) in [6.45, 7) is 0. The summed E-state index contributed by atoms with van der Waals surface area (Å²) in [7, 11) is 0. The third-order valence-corrected chi connectivity index (χ3v) is 2.51. The van der Waals surface area contributed by atoms with Crippen molar-refractivity contribution in [2.75, 3.05) is 5.73 Å².